The fourth-order valence-corrected chi connectivity index (χ4v) is 8.41. The number of ether oxygens (including phenoxy) is 1. The first-order valence-corrected chi connectivity index (χ1v) is 19.5. The average Bonchev–Trinajstić information content (AvgIpc) is 3.80. The fraction of sp³-hybridized carbons (Fsp3) is 0.310. The lowest BCUT2D eigenvalue weighted by molar-refractivity contribution is -0.189. The third kappa shape index (κ3) is 8.89. The van der Waals surface area contributed by atoms with E-state index in [0.29, 0.717) is 16.9 Å². The number of ketones is 4. The van der Waals surface area contributed by atoms with Crippen LogP contribution in [0.15, 0.2) is 77.3 Å². The van der Waals surface area contributed by atoms with Gasteiger partial charge in [0.2, 0.25) is 0 Å². The molecule has 12 heteroatoms. The third-order valence-electron chi connectivity index (χ3n) is 9.82. The van der Waals surface area contributed by atoms with Crippen molar-refractivity contribution in [3.8, 4) is 5.75 Å². The van der Waals surface area contributed by atoms with Crippen LogP contribution < -0.4 is 4.74 Å². The Balaban J connectivity index is 0.000000141. The fourth-order valence-electron chi connectivity index (χ4n) is 6.91. The number of carbonyl (C=O) groups excluding carboxylic acids is 5. The summed E-state index contributed by atoms with van der Waals surface area (Å²) >= 11 is 11.7. The number of alkyl halides is 3. The third-order valence-corrected chi connectivity index (χ3v) is 11.9. The lowest BCUT2D eigenvalue weighted by Crippen LogP contribution is -2.28. The van der Waals surface area contributed by atoms with E-state index in [2.05, 4.69) is 49.3 Å². The number of hydrogen-bond acceptors (Lipinski definition) is 6. The summed E-state index contributed by atoms with van der Waals surface area (Å²) in [6.07, 6.45) is -2.15. The molecule has 0 amide bonds. The molecular formula is C42H36BrClF3IO6. The molecule has 54 heavy (non-hydrogen) atoms. The number of fused-ring (bicyclic) bond motifs is 4. The quantitative estimate of drug-likeness (QED) is 0.107. The van der Waals surface area contributed by atoms with Gasteiger partial charge in [0.1, 0.15) is 5.75 Å². The van der Waals surface area contributed by atoms with Gasteiger partial charge in [-0.05, 0) is 89.2 Å². The van der Waals surface area contributed by atoms with E-state index in [1.54, 1.807) is 6.92 Å². The van der Waals surface area contributed by atoms with E-state index in [-0.39, 0.29) is 53.2 Å². The standard InChI is InChI=1S/C12H9F3O3.C10H9BrO.C10H9ClO.C10H9IO/c1-6-5-8-7(10(6)16)3-2-4-9(8)18-11(17)12(13,14)15;3*1-6-5-8-7(10(6)12)3-2-4-9(8)11/h2-4,6H,5H2,1H3;3*2-4,6H,5H2,1H3. The minimum atomic E-state index is -5.04. The molecule has 0 heterocycles. The Hall–Kier alpha value is -3.68. The van der Waals surface area contributed by atoms with Gasteiger partial charge >= 0.3 is 12.1 Å². The zero-order chi connectivity index (χ0) is 39.6. The highest BCUT2D eigenvalue weighted by Gasteiger charge is 2.42. The van der Waals surface area contributed by atoms with E-state index < -0.39 is 12.1 Å². The van der Waals surface area contributed by atoms with Gasteiger partial charge in [-0.25, -0.2) is 4.79 Å². The molecule has 0 fully saturated rings. The van der Waals surface area contributed by atoms with E-state index in [4.69, 9.17) is 11.6 Å². The topological polar surface area (TPSA) is 94.6 Å². The second-order valence-corrected chi connectivity index (χ2v) is 16.3. The van der Waals surface area contributed by atoms with Crippen LogP contribution in [0.5, 0.6) is 5.75 Å². The van der Waals surface area contributed by atoms with E-state index in [1.807, 2.05) is 69.3 Å². The van der Waals surface area contributed by atoms with Gasteiger partial charge in [-0.1, -0.05) is 104 Å². The highest BCUT2D eigenvalue weighted by molar-refractivity contribution is 14.1. The zero-order valence-electron chi connectivity index (χ0n) is 29.8. The second kappa shape index (κ2) is 17.0. The van der Waals surface area contributed by atoms with Crippen molar-refractivity contribution >= 4 is 79.2 Å². The molecule has 0 aliphatic heterocycles. The van der Waals surface area contributed by atoms with E-state index in [1.165, 1.54) is 32.9 Å². The molecular weight excluding hydrogens is 900 g/mol. The number of halogens is 6. The van der Waals surface area contributed by atoms with Crippen LogP contribution in [0.1, 0.15) is 91.4 Å². The summed E-state index contributed by atoms with van der Waals surface area (Å²) < 4.78 is 42.9. The first-order valence-electron chi connectivity index (χ1n) is 17.3. The van der Waals surface area contributed by atoms with Crippen LogP contribution in [-0.2, 0) is 30.5 Å². The Morgan fingerprint density at radius 1 is 0.630 bits per heavy atom. The van der Waals surface area contributed by atoms with Gasteiger partial charge in [-0.2, -0.15) is 13.2 Å². The second-order valence-electron chi connectivity index (χ2n) is 13.8. The van der Waals surface area contributed by atoms with Crippen molar-refractivity contribution in [2.75, 3.05) is 0 Å². The summed E-state index contributed by atoms with van der Waals surface area (Å²) in [5, 5.41) is 0.727. The zero-order valence-corrected chi connectivity index (χ0v) is 34.3. The lowest BCUT2D eigenvalue weighted by atomic mass is 10.1. The Kier molecular flexibility index (Phi) is 13.1. The molecule has 0 spiro atoms. The maximum Gasteiger partial charge on any atom is 0.491 e. The summed E-state index contributed by atoms with van der Waals surface area (Å²) in [5.74, 6) is -1.62. The molecule has 4 aliphatic carbocycles. The molecule has 4 unspecified atom stereocenters. The molecule has 0 saturated heterocycles. The summed E-state index contributed by atoms with van der Waals surface area (Å²) in [6.45, 7) is 7.60. The first-order chi connectivity index (χ1) is 25.4. The summed E-state index contributed by atoms with van der Waals surface area (Å²) in [5.41, 5.74) is 6.80. The van der Waals surface area contributed by atoms with E-state index >= 15 is 0 Å². The van der Waals surface area contributed by atoms with Gasteiger partial charge < -0.3 is 4.74 Å². The smallest absolute Gasteiger partial charge is 0.420 e. The SMILES string of the molecule is CC1Cc2c(Br)cccc2C1=O.CC1Cc2c(Cl)cccc2C1=O.CC1Cc2c(I)cccc2C1=O.CC1Cc2c(OC(=O)C(F)(F)F)cccc2C1=O. The predicted octanol–water partition coefficient (Wildman–Crippen LogP) is 10.7. The Bertz CT molecular complexity index is 2000. The van der Waals surface area contributed by atoms with Crippen molar-refractivity contribution in [2.45, 2.75) is 59.6 Å². The van der Waals surface area contributed by atoms with Gasteiger partial charge in [-0.15, -0.1) is 0 Å². The Labute approximate surface area is 338 Å². The number of Topliss-reactive ketones (excluding diaryl/α,β-unsaturated/α-hetero) is 4. The monoisotopic (exact) mass is 934 g/mol. The van der Waals surface area contributed by atoms with Gasteiger partial charge in [0.05, 0.1) is 0 Å². The van der Waals surface area contributed by atoms with Crippen molar-refractivity contribution < 1.29 is 41.9 Å². The molecule has 0 saturated carbocycles. The summed E-state index contributed by atoms with van der Waals surface area (Å²) in [6, 6.07) is 21.5. The average molecular weight is 936 g/mol. The Morgan fingerprint density at radius 2 is 1.02 bits per heavy atom. The molecule has 4 aliphatic rings. The maximum atomic E-state index is 12.1. The highest BCUT2D eigenvalue weighted by atomic mass is 127. The van der Waals surface area contributed by atoms with E-state index in [0.717, 1.165) is 51.0 Å². The van der Waals surface area contributed by atoms with Crippen molar-refractivity contribution in [1.82, 2.24) is 0 Å². The highest BCUT2D eigenvalue weighted by Crippen LogP contribution is 2.36. The normalized spacial score (nSPS) is 20.3. The number of hydrogen-bond donors (Lipinski definition) is 0. The molecule has 0 aromatic heterocycles. The summed E-state index contributed by atoms with van der Waals surface area (Å²) in [4.78, 5) is 57.0. The minimum absolute atomic E-state index is 0.111. The van der Waals surface area contributed by atoms with Crippen LogP contribution in [0.25, 0.3) is 0 Å². The number of carbonyl (C=O) groups is 5. The van der Waals surface area contributed by atoms with Crippen LogP contribution in [0, 0.1) is 27.2 Å². The minimum Gasteiger partial charge on any atom is -0.420 e. The maximum absolute atomic E-state index is 12.1. The van der Waals surface area contributed by atoms with Crippen LogP contribution in [-0.4, -0.2) is 35.3 Å². The molecule has 0 N–H and O–H groups in total. The van der Waals surface area contributed by atoms with Crippen LogP contribution in [0.4, 0.5) is 13.2 Å². The molecule has 6 nitrogen and oxygen atoms in total. The van der Waals surface area contributed by atoms with Crippen molar-refractivity contribution in [3.63, 3.8) is 0 Å². The molecule has 8 rings (SSSR count). The lowest BCUT2D eigenvalue weighted by Gasteiger charge is -2.10. The molecule has 4 aromatic carbocycles. The molecule has 282 valence electrons. The predicted molar refractivity (Wildman–Crippen MR) is 212 cm³/mol. The largest absolute Gasteiger partial charge is 0.491 e. The first kappa shape index (κ1) is 41.5. The van der Waals surface area contributed by atoms with Crippen LogP contribution in [0.3, 0.4) is 0 Å². The van der Waals surface area contributed by atoms with Crippen molar-refractivity contribution in [2.24, 2.45) is 23.7 Å². The van der Waals surface area contributed by atoms with Crippen molar-refractivity contribution in [3.05, 3.63) is 130 Å². The van der Waals surface area contributed by atoms with Gasteiger partial charge in [-0.3, -0.25) is 19.2 Å². The number of rotatable bonds is 1. The summed E-state index contributed by atoms with van der Waals surface area (Å²) in [7, 11) is 0. The molecule has 4 atom stereocenters. The van der Waals surface area contributed by atoms with E-state index in [9.17, 15) is 37.1 Å². The van der Waals surface area contributed by atoms with Crippen LogP contribution >= 0.6 is 50.1 Å². The van der Waals surface area contributed by atoms with Gasteiger partial charge in [0.15, 0.2) is 23.1 Å². The van der Waals surface area contributed by atoms with Crippen molar-refractivity contribution in [1.29, 1.82) is 0 Å². The molecule has 0 radical (unpaired) electrons. The molecule has 0 bridgehead atoms. The van der Waals surface area contributed by atoms with Gasteiger partial charge in [0.25, 0.3) is 0 Å². The van der Waals surface area contributed by atoms with Crippen LogP contribution in [0.2, 0.25) is 5.02 Å². The molecule has 4 aromatic rings. The number of benzene rings is 4. The number of esters is 1. The van der Waals surface area contributed by atoms with Gasteiger partial charge in [0, 0.05) is 64.6 Å². The Morgan fingerprint density at radius 3 is 1.50 bits per heavy atom.